The third kappa shape index (κ3) is 3.73. The Balaban J connectivity index is 2.39. The number of hydrogen-bond acceptors (Lipinski definition) is 5. The summed E-state index contributed by atoms with van der Waals surface area (Å²) in [5, 5.41) is 8.45. The van der Waals surface area contributed by atoms with E-state index in [4.69, 9.17) is 10.00 Å². The van der Waals surface area contributed by atoms with E-state index in [2.05, 4.69) is 0 Å². The van der Waals surface area contributed by atoms with Crippen molar-refractivity contribution >= 4 is 21.7 Å². The fourth-order valence-electron chi connectivity index (χ4n) is 2.18. The maximum absolute atomic E-state index is 12.9. The number of esters is 1. The van der Waals surface area contributed by atoms with Gasteiger partial charge in [0.15, 0.2) is 6.61 Å². The first-order valence-electron chi connectivity index (χ1n) is 7.22. The molecule has 2 rings (SSSR count). The second-order valence-corrected chi connectivity index (χ2v) is 6.63. The number of nitriles is 1. The SMILES string of the molecule is CCN(c1ccccc1)S(=O)(=O)c1cccc(C(=O)OCC#N)c1. The summed E-state index contributed by atoms with van der Waals surface area (Å²) in [4.78, 5) is 11.8. The van der Waals surface area contributed by atoms with Crippen LogP contribution in [0.4, 0.5) is 5.69 Å². The van der Waals surface area contributed by atoms with Gasteiger partial charge in [0.1, 0.15) is 6.07 Å². The number of anilines is 1. The largest absolute Gasteiger partial charge is 0.447 e. The number of sulfonamides is 1. The molecule has 0 bridgehead atoms. The molecule has 6 nitrogen and oxygen atoms in total. The lowest BCUT2D eigenvalue weighted by atomic mass is 10.2. The van der Waals surface area contributed by atoms with Crippen molar-refractivity contribution < 1.29 is 17.9 Å². The highest BCUT2D eigenvalue weighted by molar-refractivity contribution is 7.92. The van der Waals surface area contributed by atoms with Crippen LogP contribution in [-0.2, 0) is 14.8 Å². The minimum absolute atomic E-state index is 0.0142. The lowest BCUT2D eigenvalue weighted by molar-refractivity contribution is 0.0554. The number of carbonyl (C=O) groups excluding carboxylic acids is 1. The van der Waals surface area contributed by atoms with Crippen LogP contribution in [0.25, 0.3) is 0 Å². The Labute approximate surface area is 141 Å². The van der Waals surface area contributed by atoms with Gasteiger partial charge >= 0.3 is 5.97 Å². The quantitative estimate of drug-likeness (QED) is 0.752. The topological polar surface area (TPSA) is 87.5 Å². The van der Waals surface area contributed by atoms with E-state index in [1.165, 1.54) is 28.6 Å². The van der Waals surface area contributed by atoms with Crippen LogP contribution >= 0.6 is 0 Å². The Hall–Kier alpha value is -2.85. The molecule has 0 saturated carbocycles. The second kappa shape index (κ2) is 7.62. The average Bonchev–Trinajstić information content (AvgIpc) is 2.61. The first-order valence-corrected chi connectivity index (χ1v) is 8.66. The Morgan fingerprint density at radius 1 is 1.17 bits per heavy atom. The van der Waals surface area contributed by atoms with Crippen molar-refractivity contribution in [1.29, 1.82) is 5.26 Å². The number of hydrogen-bond donors (Lipinski definition) is 0. The molecule has 0 aromatic heterocycles. The van der Waals surface area contributed by atoms with Gasteiger partial charge in [0.25, 0.3) is 10.0 Å². The van der Waals surface area contributed by atoms with Crippen molar-refractivity contribution in [1.82, 2.24) is 0 Å². The molecule has 0 spiro atoms. The lowest BCUT2D eigenvalue weighted by Gasteiger charge is -2.23. The fourth-order valence-corrected chi connectivity index (χ4v) is 3.70. The van der Waals surface area contributed by atoms with Crippen molar-refractivity contribution in [3.8, 4) is 6.07 Å². The normalized spacial score (nSPS) is 10.7. The molecule has 0 fully saturated rings. The molecule has 7 heteroatoms. The molecular formula is C17H16N2O4S. The average molecular weight is 344 g/mol. The Morgan fingerprint density at radius 2 is 1.88 bits per heavy atom. The third-order valence-electron chi connectivity index (χ3n) is 3.26. The number of para-hydroxylation sites is 1. The minimum Gasteiger partial charge on any atom is -0.447 e. The molecule has 0 saturated heterocycles. The fraction of sp³-hybridized carbons (Fsp3) is 0.176. The molecule has 0 aliphatic heterocycles. The van der Waals surface area contributed by atoms with Crippen molar-refractivity contribution in [2.24, 2.45) is 0 Å². The van der Waals surface area contributed by atoms with E-state index in [9.17, 15) is 13.2 Å². The molecule has 0 unspecified atom stereocenters. The molecule has 24 heavy (non-hydrogen) atoms. The van der Waals surface area contributed by atoms with E-state index in [-0.39, 0.29) is 23.6 Å². The van der Waals surface area contributed by atoms with E-state index in [0.717, 1.165) is 0 Å². The molecule has 0 atom stereocenters. The van der Waals surface area contributed by atoms with Gasteiger partial charge in [0, 0.05) is 6.54 Å². The Bertz CT molecular complexity index is 858. The summed E-state index contributed by atoms with van der Waals surface area (Å²) in [5.74, 6) is -0.739. The van der Waals surface area contributed by atoms with Gasteiger partial charge in [-0.05, 0) is 37.3 Å². The van der Waals surface area contributed by atoms with Crippen LogP contribution in [0.5, 0.6) is 0 Å². The van der Waals surface area contributed by atoms with Crippen LogP contribution < -0.4 is 4.31 Å². The standard InChI is InChI=1S/C17H16N2O4S/c1-2-19(15-8-4-3-5-9-15)24(21,22)16-10-6-7-14(13-16)17(20)23-12-11-18/h3-10,13H,2,12H2,1H3. The van der Waals surface area contributed by atoms with Crippen molar-refractivity contribution in [2.75, 3.05) is 17.5 Å². The summed E-state index contributed by atoms with van der Waals surface area (Å²) in [6.07, 6.45) is 0. The van der Waals surface area contributed by atoms with Crippen LogP contribution in [0.2, 0.25) is 0 Å². The first kappa shape index (κ1) is 17.5. The molecular weight excluding hydrogens is 328 g/mol. The van der Waals surface area contributed by atoms with Gasteiger partial charge in [0.2, 0.25) is 0 Å². The number of ether oxygens (including phenoxy) is 1. The molecule has 0 N–H and O–H groups in total. The minimum atomic E-state index is -3.82. The molecule has 0 aliphatic rings. The highest BCUT2D eigenvalue weighted by atomic mass is 32.2. The van der Waals surface area contributed by atoms with Gasteiger partial charge in [-0.1, -0.05) is 24.3 Å². The van der Waals surface area contributed by atoms with Gasteiger partial charge in [0.05, 0.1) is 16.1 Å². The second-order valence-electron chi connectivity index (χ2n) is 4.77. The summed E-state index contributed by atoms with van der Waals surface area (Å²) < 4.78 is 31.7. The smallest absolute Gasteiger partial charge is 0.339 e. The van der Waals surface area contributed by atoms with Gasteiger partial charge in [-0.25, -0.2) is 13.2 Å². The summed E-state index contributed by atoms with van der Waals surface area (Å²) in [5.41, 5.74) is 0.618. The van der Waals surface area contributed by atoms with Crippen molar-refractivity contribution in [3.05, 3.63) is 60.2 Å². The predicted octanol–water partition coefficient (Wildman–Crippen LogP) is 2.58. The van der Waals surface area contributed by atoms with Crippen LogP contribution in [0.1, 0.15) is 17.3 Å². The first-order chi connectivity index (χ1) is 11.5. The zero-order valence-corrected chi connectivity index (χ0v) is 13.9. The van der Waals surface area contributed by atoms with Gasteiger partial charge in [-0.3, -0.25) is 4.31 Å². The summed E-state index contributed by atoms with van der Waals surface area (Å²) in [6.45, 7) is 1.59. The van der Waals surface area contributed by atoms with E-state index in [0.29, 0.717) is 5.69 Å². The van der Waals surface area contributed by atoms with Gasteiger partial charge in [-0.2, -0.15) is 5.26 Å². The van der Waals surface area contributed by atoms with E-state index in [1.807, 2.05) is 0 Å². The van der Waals surface area contributed by atoms with E-state index in [1.54, 1.807) is 43.3 Å². The van der Waals surface area contributed by atoms with E-state index >= 15 is 0 Å². The summed E-state index contributed by atoms with van der Waals surface area (Å²) >= 11 is 0. The number of benzene rings is 2. The Kier molecular flexibility index (Phi) is 5.55. The highest BCUT2D eigenvalue weighted by Crippen LogP contribution is 2.23. The number of nitrogens with zero attached hydrogens (tertiary/aromatic N) is 2. The highest BCUT2D eigenvalue weighted by Gasteiger charge is 2.24. The summed E-state index contributed by atoms with van der Waals surface area (Å²) in [7, 11) is -3.82. The third-order valence-corrected chi connectivity index (χ3v) is 5.16. The van der Waals surface area contributed by atoms with Crippen molar-refractivity contribution in [2.45, 2.75) is 11.8 Å². The van der Waals surface area contributed by atoms with Gasteiger partial charge in [-0.15, -0.1) is 0 Å². The zero-order chi connectivity index (χ0) is 17.6. The van der Waals surface area contributed by atoms with E-state index < -0.39 is 16.0 Å². The molecule has 0 aliphatic carbocycles. The lowest BCUT2D eigenvalue weighted by Crippen LogP contribution is -2.30. The molecule has 0 amide bonds. The monoisotopic (exact) mass is 344 g/mol. The number of rotatable bonds is 6. The predicted molar refractivity (Wildman–Crippen MR) is 89.0 cm³/mol. The van der Waals surface area contributed by atoms with Crippen LogP contribution in [0, 0.1) is 11.3 Å². The maximum atomic E-state index is 12.9. The maximum Gasteiger partial charge on any atom is 0.339 e. The molecule has 0 heterocycles. The van der Waals surface area contributed by atoms with Crippen LogP contribution in [0.3, 0.4) is 0 Å². The zero-order valence-electron chi connectivity index (χ0n) is 13.0. The van der Waals surface area contributed by atoms with Crippen LogP contribution in [-0.4, -0.2) is 27.5 Å². The summed E-state index contributed by atoms with van der Waals surface area (Å²) in [6, 6.07) is 16.0. The van der Waals surface area contributed by atoms with Crippen LogP contribution in [0.15, 0.2) is 59.5 Å². The molecule has 2 aromatic rings. The molecule has 2 aromatic carbocycles. The number of carbonyl (C=O) groups is 1. The van der Waals surface area contributed by atoms with Crippen molar-refractivity contribution in [3.63, 3.8) is 0 Å². The van der Waals surface area contributed by atoms with Gasteiger partial charge < -0.3 is 4.74 Å². The molecule has 0 radical (unpaired) electrons. The molecule has 124 valence electrons. The Morgan fingerprint density at radius 3 is 2.50 bits per heavy atom.